The molecule has 1 aromatic rings. The Balaban J connectivity index is 0.00000128. The van der Waals surface area contributed by atoms with Crippen molar-refractivity contribution in [2.45, 2.75) is 19.4 Å². The molecule has 0 atom stereocenters. The number of para-hydroxylation sites is 1. The number of ether oxygens (including phenoxy) is 2. The molecular weight excluding hydrogens is 226 g/mol. The highest BCUT2D eigenvalue weighted by molar-refractivity contribution is 5.93. The lowest BCUT2D eigenvalue weighted by molar-refractivity contribution is -0.529. The molecule has 1 aliphatic rings. The molecule has 1 aromatic carbocycles. The van der Waals surface area contributed by atoms with Gasteiger partial charge in [0.15, 0.2) is 12.1 Å². The molecule has 0 aliphatic carbocycles. The SMILES string of the molecule is COc1ccccc1C1=[NH+]C(C)(C)CO1.[Cl-]. The molecule has 0 spiro atoms. The molecular formula is C12H16ClNO2. The zero-order chi connectivity index (χ0) is 10.9. The summed E-state index contributed by atoms with van der Waals surface area (Å²) in [6, 6.07) is 7.84. The summed E-state index contributed by atoms with van der Waals surface area (Å²) in [5, 5.41) is 0. The highest BCUT2D eigenvalue weighted by atomic mass is 35.5. The molecule has 4 heteroatoms. The molecule has 88 valence electrons. The average molecular weight is 242 g/mol. The van der Waals surface area contributed by atoms with Crippen molar-refractivity contribution in [2.75, 3.05) is 13.7 Å². The van der Waals surface area contributed by atoms with Crippen molar-refractivity contribution in [3.63, 3.8) is 0 Å². The van der Waals surface area contributed by atoms with Crippen LogP contribution in [-0.4, -0.2) is 25.2 Å². The molecule has 16 heavy (non-hydrogen) atoms. The van der Waals surface area contributed by atoms with E-state index in [9.17, 15) is 0 Å². The number of halogens is 1. The van der Waals surface area contributed by atoms with E-state index in [1.54, 1.807) is 7.11 Å². The van der Waals surface area contributed by atoms with E-state index < -0.39 is 0 Å². The Kier molecular flexibility index (Phi) is 3.81. The van der Waals surface area contributed by atoms with Crippen LogP contribution in [0.15, 0.2) is 24.3 Å². The lowest BCUT2D eigenvalue weighted by atomic mass is 10.1. The van der Waals surface area contributed by atoms with Gasteiger partial charge in [-0.3, -0.25) is 0 Å². The fourth-order valence-corrected chi connectivity index (χ4v) is 1.61. The van der Waals surface area contributed by atoms with Crippen molar-refractivity contribution in [1.82, 2.24) is 0 Å². The number of benzene rings is 1. The van der Waals surface area contributed by atoms with Gasteiger partial charge in [-0.25, -0.2) is 4.99 Å². The van der Waals surface area contributed by atoms with Crippen molar-refractivity contribution in [2.24, 2.45) is 0 Å². The van der Waals surface area contributed by atoms with Gasteiger partial charge in [0.1, 0.15) is 11.3 Å². The molecule has 0 aromatic heterocycles. The molecule has 0 radical (unpaired) electrons. The summed E-state index contributed by atoms with van der Waals surface area (Å²) >= 11 is 0. The quantitative estimate of drug-likeness (QED) is 0.613. The molecule has 0 fully saturated rings. The monoisotopic (exact) mass is 241 g/mol. The van der Waals surface area contributed by atoms with Gasteiger partial charge in [-0.1, -0.05) is 12.1 Å². The molecule has 0 bridgehead atoms. The Morgan fingerprint density at radius 1 is 1.31 bits per heavy atom. The molecule has 1 heterocycles. The zero-order valence-electron chi connectivity index (χ0n) is 9.71. The summed E-state index contributed by atoms with van der Waals surface area (Å²) in [5.41, 5.74) is 0.974. The number of hydrogen-bond donors (Lipinski definition) is 1. The normalized spacial score (nSPS) is 17.1. The van der Waals surface area contributed by atoms with Gasteiger partial charge >= 0.3 is 5.90 Å². The number of hydrogen-bond acceptors (Lipinski definition) is 2. The Hall–Kier alpha value is -1.22. The van der Waals surface area contributed by atoms with Crippen molar-refractivity contribution in [3.8, 4) is 5.75 Å². The minimum absolute atomic E-state index is 0. The third-order valence-electron chi connectivity index (χ3n) is 2.38. The van der Waals surface area contributed by atoms with E-state index in [0.717, 1.165) is 17.2 Å². The standard InChI is InChI=1S/C12H15NO2.ClH/c1-12(2)8-15-11(13-12)9-6-4-5-7-10(9)14-3;/h4-7H,8H2,1-3H3;1H. The molecule has 1 aliphatic heterocycles. The van der Waals surface area contributed by atoms with E-state index in [1.807, 2.05) is 24.3 Å². The smallest absolute Gasteiger partial charge is 0.372 e. The summed E-state index contributed by atoms with van der Waals surface area (Å²) < 4.78 is 10.9. The Morgan fingerprint density at radius 3 is 2.56 bits per heavy atom. The Morgan fingerprint density at radius 2 is 2.00 bits per heavy atom. The van der Waals surface area contributed by atoms with Gasteiger partial charge in [0.05, 0.1) is 7.11 Å². The third kappa shape index (κ3) is 2.47. The van der Waals surface area contributed by atoms with E-state index in [0.29, 0.717) is 6.61 Å². The topological polar surface area (TPSA) is 32.4 Å². The maximum Gasteiger partial charge on any atom is 0.372 e. The highest BCUT2D eigenvalue weighted by Crippen LogP contribution is 2.18. The molecule has 0 unspecified atom stereocenters. The summed E-state index contributed by atoms with van der Waals surface area (Å²) in [4.78, 5) is 3.34. The van der Waals surface area contributed by atoms with E-state index in [-0.39, 0.29) is 17.9 Å². The Labute approximate surface area is 102 Å². The number of nitrogens with one attached hydrogen (secondary N) is 1. The first-order valence-corrected chi connectivity index (χ1v) is 5.04. The number of methoxy groups -OCH3 is 1. The third-order valence-corrected chi connectivity index (χ3v) is 2.38. The predicted octanol–water partition coefficient (Wildman–Crippen LogP) is -2.66. The van der Waals surface area contributed by atoms with E-state index in [4.69, 9.17) is 9.47 Å². The minimum Gasteiger partial charge on any atom is -1.00 e. The van der Waals surface area contributed by atoms with Crippen molar-refractivity contribution in [1.29, 1.82) is 0 Å². The molecule has 3 nitrogen and oxygen atoms in total. The summed E-state index contributed by atoms with van der Waals surface area (Å²) in [6.45, 7) is 4.89. The summed E-state index contributed by atoms with van der Waals surface area (Å²) in [5.74, 6) is 1.63. The molecule has 0 saturated heterocycles. The lowest BCUT2D eigenvalue weighted by Crippen LogP contribution is -3.00. The van der Waals surface area contributed by atoms with Crippen molar-refractivity contribution >= 4 is 5.90 Å². The van der Waals surface area contributed by atoms with Crippen molar-refractivity contribution in [3.05, 3.63) is 29.8 Å². The fourth-order valence-electron chi connectivity index (χ4n) is 1.61. The van der Waals surface area contributed by atoms with E-state index in [1.165, 1.54) is 0 Å². The largest absolute Gasteiger partial charge is 1.00 e. The van der Waals surface area contributed by atoms with Crippen LogP contribution in [0.25, 0.3) is 0 Å². The van der Waals surface area contributed by atoms with Gasteiger partial charge in [0.2, 0.25) is 0 Å². The average Bonchev–Trinajstić information content (AvgIpc) is 2.59. The van der Waals surface area contributed by atoms with Crippen LogP contribution in [0.1, 0.15) is 19.4 Å². The van der Waals surface area contributed by atoms with Gasteiger partial charge in [-0.05, 0) is 12.1 Å². The first-order chi connectivity index (χ1) is 7.12. The second-order valence-corrected chi connectivity index (χ2v) is 4.33. The summed E-state index contributed by atoms with van der Waals surface area (Å²) in [6.07, 6.45) is 0. The van der Waals surface area contributed by atoms with Gasteiger partial charge < -0.3 is 21.9 Å². The van der Waals surface area contributed by atoms with E-state index in [2.05, 4.69) is 18.8 Å². The van der Waals surface area contributed by atoms with Crippen LogP contribution in [0.4, 0.5) is 0 Å². The summed E-state index contributed by atoms with van der Waals surface area (Å²) in [7, 11) is 1.67. The zero-order valence-corrected chi connectivity index (χ0v) is 10.5. The fraction of sp³-hybridized carbons (Fsp3) is 0.417. The molecule has 0 amide bonds. The first kappa shape index (κ1) is 12.8. The minimum atomic E-state index is -0.00378. The van der Waals surface area contributed by atoms with Crippen LogP contribution in [0, 0.1) is 0 Å². The van der Waals surface area contributed by atoms with Gasteiger partial charge in [0, 0.05) is 13.8 Å². The van der Waals surface area contributed by atoms with Crippen LogP contribution in [0.2, 0.25) is 0 Å². The van der Waals surface area contributed by atoms with Crippen LogP contribution >= 0.6 is 0 Å². The van der Waals surface area contributed by atoms with Crippen LogP contribution in [0.3, 0.4) is 0 Å². The lowest BCUT2D eigenvalue weighted by Gasteiger charge is -2.03. The molecule has 0 saturated carbocycles. The van der Waals surface area contributed by atoms with Gasteiger partial charge in [-0.15, -0.1) is 0 Å². The maximum absolute atomic E-state index is 5.62. The van der Waals surface area contributed by atoms with Crippen LogP contribution in [-0.2, 0) is 4.74 Å². The molecule has 1 N–H and O–H groups in total. The van der Waals surface area contributed by atoms with Crippen molar-refractivity contribution < 1.29 is 26.9 Å². The van der Waals surface area contributed by atoms with Crippen LogP contribution < -0.4 is 22.1 Å². The molecule has 2 rings (SSSR count). The van der Waals surface area contributed by atoms with Gasteiger partial charge in [0.25, 0.3) is 0 Å². The van der Waals surface area contributed by atoms with E-state index >= 15 is 0 Å². The predicted molar refractivity (Wildman–Crippen MR) is 58.1 cm³/mol. The Bertz CT molecular complexity index is 402. The highest BCUT2D eigenvalue weighted by Gasteiger charge is 2.35. The number of rotatable bonds is 2. The maximum atomic E-state index is 5.62. The van der Waals surface area contributed by atoms with Gasteiger partial charge in [-0.2, -0.15) is 0 Å². The van der Waals surface area contributed by atoms with Crippen LogP contribution in [0.5, 0.6) is 5.75 Å². The first-order valence-electron chi connectivity index (χ1n) is 5.04. The second kappa shape index (κ2) is 4.74. The second-order valence-electron chi connectivity index (χ2n) is 4.33.